The van der Waals surface area contributed by atoms with Crippen molar-refractivity contribution in [2.45, 2.75) is 0 Å². The summed E-state index contributed by atoms with van der Waals surface area (Å²) in [4.78, 5) is 20.0. The van der Waals surface area contributed by atoms with E-state index in [1.54, 1.807) is 6.20 Å². The Hall–Kier alpha value is -8.48. The second-order valence-corrected chi connectivity index (χ2v) is 15.5. The van der Waals surface area contributed by atoms with Crippen LogP contribution in [0.3, 0.4) is 0 Å². The summed E-state index contributed by atoms with van der Waals surface area (Å²) in [6.45, 7) is 0. The van der Waals surface area contributed by atoms with Crippen molar-refractivity contribution in [1.29, 1.82) is 0 Å². The first-order valence-electron chi connectivity index (χ1n) is 20.6. The van der Waals surface area contributed by atoms with Crippen LogP contribution < -0.4 is 0 Å². The number of benzene rings is 8. The molecule has 0 aliphatic carbocycles. The van der Waals surface area contributed by atoms with Crippen LogP contribution in [0.5, 0.6) is 0 Å². The van der Waals surface area contributed by atoms with Crippen molar-refractivity contribution in [3.05, 3.63) is 207 Å². The zero-order chi connectivity index (χ0) is 41.0. The summed E-state index contributed by atoms with van der Waals surface area (Å²) < 4.78 is 12.5. The first-order chi connectivity index (χ1) is 30.7. The summed E-state index contributed by atoms with van der Waals surface area (Å²) in [6, 6.07) is 66.9. The molecule has 0 unspecified atom stereocenters. The number of hydrogen-bond donors (Lipinski definition) is 0. The van der Waals surface area contributed by atoms with Gasteiger partial charge in [-0.1, -0.05) is 127 Å². The first-order valence-corrected chi connectivity index (χ1v) is 20.6. The van der Waals surface area contributed by atoms with E-state index in [-0.39, 0.29) is 0 Å². The number of nitrogens with zero attached hydrogens (tertiary/aromatic N) is 4. The molecule has 6 nitrogen and oxygen atoms in total. The van der Waals surface area contributed by atoms with E-state index in [0.717, 1.165) is 105 Å². The summed E-state index contributed by atoms with van der Waals surface area (Å²) in [5.41, 5.74) is 14.5. The van der Waals surface area contributed by atoms with E-state index in [1.165, 1.54) is 0 Å². The van der Waals surface area contributed by atoms with Crippen molar-refractivity contribution < 1.29 is 8.83 Å². The molecule has 0 aliphatic rings. The lowest BCUT2D eigenvalue weighted by molar-refractivity contribution is 0.668. The number of fused-ring (bicyclic) bond motifs is 6. The molecule has 0 saturated carbocycles. The fourth-order valence-corrected chi connectivity index (χ4v) is 8.48. The SMILES string of the molecule is c1ccc(-c2ccc(-c3nc(-c4cccc(-c5cccnc5)c4)nc(-c4cc(-c5ccc6oc7ccccc7c6c5)cc(-c5ccc6oc7ccccc7c6c5)c4)n3)cc2)cc1. The Balaban J connectivity index is 1.07. The summed E-state index contributed by atoms with van der Waals surface area (Å²) in [7, 11) is 0. The lowest BCUT2D eigenvalue weighted by Crippen LogP contribution is -2.01. The van der Waals surface area contributed by atoms with E-state index in [4.69, 9.17) is 23.8 Å². The van der Waals surface area contributed by atoms with Gasteiger partial charge in [-0.05, 0) is 106 Å². The molecule has 0 N–H and O–H groups in total. The number of furan rings is 2. The molecule has 0 amide bonds. The summed E-state index contributed by atoms with van der Waals surface area (Å²) in [5.74, 6) is 1.73. The van der Waals surface area contributed by atoms with Crippen LogP contribution in [0, 0.1) is 0 Å². The van der Waals surface area contributed by atoms with Gasteiger partial charge in [-0.25, -0.2) is 15.0 Å². The lowest BCUT2D eigenvalue weighted by atomic mass is 9.94. The predicted octanol–water partition coefficient (Wildman–Crippen LogP) is 14.7. The molecule has 0 saturated heterocycles. The van der Waals surface area contributed by atoms with Crippen LogP contribution in [0.1, 0.15) is 0 Å². The minimum absolute atomic E-state index is 0.566. The van der Waals surface area contributed by atoms with E-state index < -0.39 is 0 Å². The minimum Gasteiger partial charge on any atom is -0.456 e. The van der Waals surface area contributed by atoms with Crippen LogP contribution in [-0.4, -0.2) is 19.9 Å². The molecule has 12 aromatic rings. The van der Waals surface area contributed by atoms with Crippen LogP contribution >= 0.6 is 0 Å². The smallest absolute Gasteiger partial charge is 0.164 e. The van der Waals surface area contributed by atoms with Crippen molar-refractivity contribution >= 4 is 43.9 Å². The number of aromatic nitrogens is 4. The van der Waals surface area contributed by atoms with E-state index in [9.17, 15) is 0 Å². The average Bonchev–Trinajstić information content (AvgIpc) is 3.92. The van der Waals surface area contributed by atoms with Gasteiger partial charge in [-0.3, -0.25) is 4.98 Å². The van der Waals surface area contributed by atoms with Gasteiger partial charge >= 0.3 is 0 Å². The maximum absolute atomic E-state index is 6.24. The third-order valence-corrected chi connectivity index (χ3v) is 11.6. The monoisotopic (exact) mass is 794 g/mol. The molecule has 0 fully saturated rings. The Bertz CT molecular complexity index is 3500. The molecule has 4 aromatic heterocycles. The Morgan fingerprint density at radius 1 is 0.258 bits per heavy atom. The van der Waals surface area contributed by atoms with Gasteiger partial charge in [-0.15, -0.1) is 0 Å². The first kappa shape index (κ1) is 35.5. The molecule has 0 atom stereocenters. The Morgan fingerprint density at radius 3 is 1.32 bits per heavy atom. The third-order valence-electron chi connectivity index (χ3n) is 11.6. The number of rotatable bonds is 7. The molecular weight excluding hydrogens is 761 g/mol. The molecule has 0 bridgehead atoms. The minimum atomic E-state index is 0.566. The van der Waals surface area contributed by atoms with E-state index in [1.807, 2.05) is 48.7 Å². The highest BCUT2D eigenvalue weighted by Gasteiger charge is 2.18. The molecule has 0 radical (unpaired) electrons. The Morgan fingerprint density at radius 2 is 0.694 bits per heavy atom. The molecule has 8 aromatic carbocycles. The number of para-hydroxylation sites is 2. The van der Waals surface area contributed by atoms with Crippen LogP contribution in [-0.2, 0) is 0 Å². The predicted molar refractivity (Wildman–Crippen MR) is 250 cm³/mol. The highest BCUT2D eigenvalue weighted by atomic mass is 16.3. The molecule has 6 heteroatoms. The van der Waals surface area contributed by atoms with Crippen molar-refractivity contribution in [3.63, 3.8) is 0 Å². The van der Waals surface area contributed by atoms with Crippen LogP contribution in [0.2, 0.25) is 0 Å². The fourth-order valence-electron chi connectivity index (χ4n) is 8.48. The number of hydrogen-bond acceptors (Lipinski definition) is 6. The summed E-state index contributed by atoms with van der Waals surface area (Å²) in [6.07, 6.45) is 3.66. The van der Waals surface area contributed by atoms with Crippen molar-refractivity contribution in [3.8, 4) is 78.7 Å². The van der Waals surface area contributed by atoms with Gasteiger partial charge in [0, 0.05) is 56.2 Å². The maximum Gasteiger partial charge on any atom is 0.164 e. The largest absolute Gasteiger partial charge is 0.456 e. The Labute approximate surface area is 356 Å². The molecule has 12 rings (SSSR count). The second-order valence-electron chi connectivity index (χ2n) is 15.5. The van der Waals surface area contributed by atoms with Gasteiger partial charge in [0.05, 0.1) is 0 Å². The maximum atomic E-state index is 6.24. The standard InChI is InChI=1S/C56H34N4O2/c1-2-10-35(11-3-1)36-19-21-37(22-20-36)54-58-55(41-13-8-12-38(28-41)42-14-9-27-57-34-42)60-56(59-54)45-30-43(39-23-25-52-48(32-39)46-15-4-6-17-50(46)61-52)29-44(31-45)40-24-26-53-49(33-40)47-16-5-7-18-51(47)62-53/h1-34H. The molecule has 0 spiro atoms. The second kappa shape index (κ2) is 14.7. The molecule has 0 aliphatic heterocycles. The normalized spacial score (nSPS) is 11.5. The van der Waals surface area contributed by atoms with E-state index >= 15 is 0 Å². The fraction of sp³-hybridized carbons (Fsp3) is 0. The van der Waals surface area contributed by atoms with Crippen molar-refractivity contribution in [1.82, 2.24) is 19.9 Å². The Kier molecular flexibility index (Phi) is 8.38. The van der Waals surface area contributed by atoms with Crippen molar-refractivity contribution in [2.24, 2.45) is 0 Å². The van der Waals surface area contributed by atoms with Crippen LogP contribution in [0.15, 0.2) is 215 Å². The summed E-state index contributed by atoms with van der Waals surface area (Å²) >= 11 is 0. The molecule has 290 valence electrons. The average molecular weight is 795 g/mol. The van der Waals surface area contributed by atoms with Gasteiger partial charge in [0.1, 0.15) is 22.3 Å². The van der Waals surface area contributed by atoms with Crippen LogP contribution in [0.25, 0.3) is 123 Å². The van der Waals surface area contributed by atoms with Gasteiger partial charge in [0.2, 0.25) is 0 Å². The highest BCUT2D eigenvalue weighted by molar-refractivity contribution is 6.07. The topological polar surface area (TPSA) is 77.8 Å². The molecular formula is C56H34N4O2. The van der Waals surface area contributed by atoms with Gasteiger partial charge < -0.3 is 8.83 Å². The molecule has 62 heavy (non-hydrogen) atoms. The zero-order valence-electron chi connectivity index (χ0n) is 33.2. The number of pyridine rings is 1. The van der Waals surface area contributed by atoms with Gasteiger partial charge in [0.15, 0.2) is 17.5 Å². The zero-order valence-corrected chi connectivity index (χ0v) is 33.2. The van der Waals surface area contributed by atoms with E-state index in [0.29, 0.717) is 17.5 Å². The highest BCUT2D eigenvalue weighted by Crippen LogP contribution is 2.39. The quantitative estimate of drug-likeness (QED) is 0.160. The summed E-state index contributed by atoms with van der Waals surface area (Å²) in [5, 5.41) is 4.29. The van der Waals surface area contributed by atoms with Gasteiger partial charge in [-0.2, -0.15) is 0 Å². The molecule has 4 heterocycles. The van der Waals surface area contributed by atoms with Crippen molar-refractivity contribution in [2.75, 3.05) is 0 Å². The third kappa shape index (κ3) is 6.38. The lowest BCUT2D eigenvalue weighted by Gasteiger charge is -2.13. The van der Waals surface area contributed by atoms with E-state index in [2.05, 4.69) is 157 Å². The van der Waals surface area contributed by atoms with Crippen LogP contribution in [0.4, 0.5) is 0 Å². The van der Waals surface area contributed by atoms with Gasteiger partial charge in [0.25, 0.3) is 0 Å².